The van der Waals surface area contributed by atoms with Gasteiger partial charge in [-0.25, -0.2) is 9.97 Å². The topological polar surface area (TPSA) is 121 Å². The Balaban J connectivity index is 2.24. The van der Waals surface area contributed by atoms with Gasteiger partial charge in [-0.2, -0.15) is 0 Å². The molecule has 6 nitrogen and oxygen atoms in total. The van der Waals surface area contributed by atoms with Crippen molar-refractivity contribution in [1.82, 2.24) is 9.97 Å². The lowest BCUT2D eigenvalue weighted by atomic mass is 9.67. The average molecular weight is 249 g/mol. The van der Waals surface area contributed by atoms with Gasteiger partial charge in [0.1, 0.15) is 5.82 Å². The molecule has 1 saturated carbocycles. The van der Waals surface area contributed by atoms with Gasteiger partial charge in [0.2, 0.25) is 5.91 Å². The number of nitrogens with zero attached hydrogens (tertiary/aromatic N) is 2. The summed E-state index contributed by atoms with van der Waals surface area (Å²) in [4.78, 5) is 19.9. The molecule has 0 spiro atoms. The van der Waals surface area contributed by atoms with Gasteiger partial charge in [-0.05, 0) is 25.3 Å². The first kappa shape index (κ1) is 12.9. The summed E-state index contributed by atoms with van der Waals surface area (Å²) in [6, 6.07) is 1.49. The first-order valence-electron chi connectivity index (χ1n) is 6.11. The molecule has 2 rings (SSSR count). The lowest BCUT2D eigenvalue weighted by molar-refractivity contribution is -0.123. The Labute approximate surface area is 106 Å². The molecule has 0 aliphatic heterocycles. The largest absolute Gasteiger partial charge is 0.369 e. The van der Waals surface area contributed by atoms with Gasteiger partial charge >= 0.3 is 0 Å². The lowest BCUT2D eigenvalue weighted by Crippen LogP contribution is -2.52. The van der Waals surface area contributed by atoms with Crippen LogP contribution >= 0.6 is 0 Å². The molecule has 0 aromatic carbocycles. The molecule has 18 heavy (non-hydrogen) atoms. The van der Waals surface area contributed by atoms with Gasteiger partial charge in [0.25, 0.3) is 0 Å². The highest BCUT2D eigenvalue weighted by Crippen LogP contribution is 2.38. The summed E-state index contributed by atoms with van der Waals surface area (Å²) < 4.78 is 0. The predicted molar refractivity (Wildman–Crippen MR) is 67.3 cm³/mol. The molecule has 1 aliphatic carbocycles. The number of aromatic nitrogens is 2. The van der Waals surface area contributed by atoms with Crippen LogP contribution in [0.2, 0.25) is 0 Å². The quantitative estimate of drug-likeness (QED) is 0.653. The van der Waals surface area contributed by atoms with Crippen LogP contribution in [0.25, 0.3) is 0 Å². The van der Waals surface area contributed by atoms with Crippen LogP contribution in [0, 0.1) is 5.92 Å². The zero-order valence-electron chi connectivity index (χ0n) is 10.2. The van der Waals surface area contributed by atoms with E-state index in [0.717, 1.165) is 6.42 Å². The second-order valence-electron chi connectivity index (χ2n) is 4.97. The summed E-state index contributed by atoms with van der Waals surface area (Å²) in [6.07, 6.45) is 5.39. The normalized spacial score (nSPS) is 32.1. The van der Waals surface area contributed by atoms with Crippen LogP contribution in [0.4, 0.5) is 0 Å². The molecule has 3 unspecified atom stereocenters. The third-order valence-electron chi connectivity index (χ3n) is 3.87. The Kier molecular flexibility index (Phi) is 3.58. The fraction of sp³-hybridized carbons (Fsp3) is 0.583. The minimum atomic E-state index is -0.331. The minimum absolute atomic E-state index is 0.270. The third-order valence-corrected chi connectivity index (χ3v) is 3.87. The van der Waals surface area contributed by atoms with E-state index in [2.05, 4.69) is 9.97 Å². The SMILES string of the molecule is NCC1(c2ncccn2)CCC(C(N)=O)C(N)C1. The molecule has 0 saturated heterocycles. The summed E-state index contributed by atoms with van der Waals surface area (Å²) >= 11 is 0. The fourth-order valence-corrected chi connectivity index (χ4v) is 2.75. The number of primary amides is 1. The molecule has 6 heteroatoms. The number of amides is 1. The summed E-state index contributed by atoms with van der Waals surface area (Å²) in [5.74, 6) is 0.112. The minimum Gasteiger partial charge on any atom is -0.369 e. The summed E-state index contributed by atoms with van der Waals surface area (Å²) in [6.45, 7) is 0.427. The van der Waals surface area contributed by atoms with E-state index in [9.17, 15) is 4.79 Å². The van der Waals surface area contributed by atoms with Crippen molar-refractivity contribution in [3.05, 3.63) is 24.3 Å². The predicted octanol–water partition coefficient (Wildman–Crippen LogP) is -0.714. The number of nitrogens with two attached hydrogens (primary N) is 3. The molecule has 1 amide bonds. The van der Waals surface area contributed by atoms with Crippen LogP contribution in [-0.2, 0) is 10.2 Å². The van der Waals surface area contributed by atoms with Gasteiger partial charge < -0.3 is 17.2 Å². The van der Waals surface area contributed by atoms with E-state index >= 15 is 0 Å². The van der Waals surface area contributed by atoms with Crippen LogP contribution in [0.3, 0.4) is 0 Å². The second kappa shape index (κ2) is 4.99. The maximum Gasteiger partial charge on any atom is 0.222 e. The Bertz CT molecular complexity index is 424. The van der Waals surface area contributed by atoms with E-state index in [-0.39, 0.29) is 23.3 Å². The molecular weight excluding hydrogens is 230 g/mol. The second-order valence-corrected chi connectivity index (χ2v) is 4.97. The van der Waals surface area contributed by atoms with Gasteiger partial charge in [0, 0.05) is 30.4 Å². The first-order valence-corrected chi connectivity index (χ1v) is 6.11. The van der Waals surface area contributed by atoms with E-state index in [1.807, 2.05) is 0 Å². The van der Waals surface area contributed by atoms with Crippen molar-refractivity contribution in [3.8, 4) is 0 Å². The van der Waals surface area contributed by atoms with Gasteiger partial charge in [0.15, 0.2) is 0 Å². The van der Waals surface area contributed by atoms with Gasteiger partial charge in [-0.3, -0.25) is 4.79 Å². The van der Waals surface area contributed by atoms with Gasteiger partial charge in [0.05, 0.1) is 5.92 Å². The van der Waals surface area contributed by atoms with Gasteiger partial charge in [-0.1, -0.05) is 0 Å². The number of hydrogen-bond donors (Lipinski definition) is 3. The monoisotopic (exact) mass is 249 g/mol. The highest BCUT2D eigenvalue weighted by molar-refractivity contribution is 5.77. The Hall–Kier alpha value is -1.53. The van der Waals surface area contributed by atoms with Crippen molar-refractivity contribution in [2.24, 2.45) is 23.1 Å². The summed E-state index contributed by atoms with van der Waals surface area (Å²) in [7, 11) is 0. The number of carbonyl (C=O) groups excluding carboxylic acids is 1. The number of hydrogen-bond acceptors (Lipinski definition) is 5. The van der Waals surface area contributed by atoms with Crippen molar-refractivity contribution in [2.75, 3.05) is 6.54 Å². The van der Waals surface area contributed by atoms with E-state index in [1.54, 1.807) is 18.5 Å². The van der Waals surface area contributed by atoms with Crippen LogP contribution in [0.5, 0.6) is 0 Å². The van der Waals surface area contributed by atoms with E-state index in [1.165, 1.54) is 0 Å². The number of rotatable bonds is 3. The summed E-state index contributed by atoms with van der Waals surface area (Å²) in [5, 5.41) is 0. The molecule has 3 atom stereocenters. The Morgan fingerprint density at radius 3 is 2.61 bits per heavy atom. The highest BCUT2D eigenvalue weighted by atomic mass is 16.1. The molecular formula is C12H19N5O. The molecule has 6 N–H and O–H groups in total. The molecule has 1 aliphatic rings. The first-order chi connectivity index (χ1) is 8.59. The summed E-state index contributed by atoms with van der Waals surface area (Å²) in [5.41, 5.74) is 17.0. The zero-order valence-corrected chi connectivity index (χ0v) is 10.2. The van der Waals surface area contributed by atoms with Crippen molar-refractivity contribution in [3.63, 3.8) is 0 Å². The van der Waals surface area contributed by atoms with Crippen LogP contribution in [-0.4, -0.2) is 28.5 Å². The van der Waals surface area contributed by atoms with Crippen molar-refractivity contribution in [2.45, 2.75) is 30.7 Å². The van der Waals surface area contributed by atoms with E-state index < -0.39 is 0 Å². The van der Waals surface area contributed by atoms with Crippen molar-refractivity contribution < 1.29 is 4.79 Å². The average Bonchev–Trinajstić information content (AvgIpc) is 2.39. The molecule has 1 aromatic heterocycles. The van der Waals surface area contributed by atoms with E-state index in [4.69, 9.17) is 17.2 Å². The molecule has 1 heterocycles. The highest BCUT2D eigenvalue weighted by Gasteiger charge is 2.43. The van der Waals surface area contributed by atoms with Crippen LogP contribution in [0.1, 0.15) is 25.1 Å². The lowest BCUT2D eigenvalue weighted by Gasteiger charge is -2.40. The Morgan fingerprint density at radius 1 is 1.44 bits per heavy atom. The standard InChI is InChI=1S/C12H19N5O/c13-7-12(11-16-4-1-5-17-11)3-2-8(10(15)18)9(14)6-12/h1,4-5,8-9H,2-3,6-7,13-14H2,(H2,15,18). The van der Waals surface area contributed by atoms with Crippen molar-refractivity contribution >= 4 is 5.91 Å². The number of carbonyl (C=O) groups is 1. The molecule has 1 fully saturated rings. The van der Waals surface area contributed by atoms with Crippen molar-refractivity contribution in [1.29, 1.82) is 0 Å². The molecule has 0 bridgehead atoms. The van der Waals surface area contributed by atoms with Crippen LogP contribution in [0.15, 0.2) is 18.5 Å². The zero-order chi connectivity index (χ0) is 13.2. The maximum atomic E-state index is 11.3. The van der Waals surface area contributed by atoms with Crippen LogP contribution < -0.4 is 17.2 Å². The molecule has 98 valence electrons. The fourth-order valence-electron chi connectivity index (χ4n) is 2.75. The molecule has 1 aromatic rings. The maximum absolute atomic E-state index is 11.3. The van der Waals surface area contributed by atoms with Gasteiger partial charge in [-0.15, -0.1) is 0 Å². The smallest absolute Gasteiger partial charge is 0.222 e. The third kappa shape index (κ3) is 2.21. The Morgan fingerprint density at radius 2 is 2.11 bits per heavy atom. The molecule has 0 radical (unpaired) electrons. The van der Waals surface area contributed by atoms with E-state index in [0.29, 0.717) is 25.2 Å².